The molecule has 1 heterocycles. The molecule has 2 aromatic carbocycles. The third-order valence-corrected chi connectivity index (χ3v) is 4.29. The van der Waals surface area contributed by atoms with Crippen molar-refractivity contribution < 1.29 is 14.8 Å². The molecule has 31 heavy (non-hydrogen) atoms. The highest BCUT2D eigenvalue weighted by molar-refractivity contribution is 5.97. The number of anilines is 1. The van der Waals surface area contributed by atoms with Gasteiger partial charge in [-0.05, 0) is 48.2 Å². The van der Waals surface area contributed by atoms with Gasteiger partial charge in [0, 0.05) is 40.7 Å². The van der Waals surface area contributed by atoms with Gasteiger partial charge in [-0.15, -0.1) is 0 Å². The van der Waals surface area contributed by atoms with Crippen molar-refractivity contribution in [2.24, 2.45) is 0 Å². The SMILES string of the molecule is Nc1ccccc1C#CC#Cc1ccc(C(=O)NC(Cc2cnc[nH]2)C(=O)NO)cc1. The molecule has 0 saturated heterocycles. The molecule has 0 bridgehead atoms. The van der Waals surface area contributed by atoms with Crippen molar-refractivity contribution in [1.29, 1.82) is 0 Å². The Balaban J connectivity index is 1.65. The highest BCUT2D eigenvalue weighted by atomic mass is 16.5. The second-order valence-corrected chi connectivity index (χ2v) is 6.45. The fourth-order valence-electron chi connectivity index (χ4n) is 2.66. The van der Waals surface area contributed by atoms with Gasteiger partial charge in [-0.2, -0.15) is 0 Å². The molecule has 8 heteroatoms. The smallest absolute Gasteiger partial charge is 0.266 e. The number of nitrogens with one attached hydrogen (secondary N) is 3. The maximum Gasteiger partial charge on any atom is 0.266 e. The number of nitrogens with zero attached hydrogens (tertiary/aromatic N) is 1. The molecular formula is C23H19N5O3. The van der Waals surface area contributed by atoms with Crippen LogP contribution in [0.2, 0.25) is 0 Å². The van der Waals surface area contributed by atoms with E-state index in [4.69, 9.17) is 10.9 Å². The number of nitrogen functional groups attached to an aromatic ring is 1. The molecule has 0 aliphatic carbocycles. The molecule has 0 aliphatic rings. The lowest BCUT2D eigenvalue weighted by atomic mass is 10.1. The van der Waals surface area contributed by atoms with Crippen molar-refractivity contribution in [2.75, 3.05) is 5.73 Å². The Hall–Kier alpha value is -4.53. The molecule has 6 N–H and O–H groups in total. The number of imidazole rings is 1. The lowest BCUT2D eigenvalue weighted by Crippen LogP contribution is -2.47. The van der Waals surface area contributed by atoms with Crippen LogP contribution in [0.25, 0.3) is 0 Å². The van der Waals surface area contributed by atoms with Crippen LogP contribution in [0.1, 0.15) is 27.2 Å². The maximum atomic E-state index is 12.5. The molecule has 0 radical (unpaired) electrons. The van der Waals surface area contributed by atoms with Crippen molar-refractivity contribution in [1.82, 2.24) is 20.8 Å². The van der Waals surface area contributed by atoms with Gasteiger partial charge in [0.05, 0.1) is 6.33 Å². The molecule has 0 spiro atoms. The zero-order valence-electron chi connectivity index (χ0n) is 16.3. The van der Waals surface area contributed by atoms with E-state index in [1.165, 1.54) is 12.5 Å². The quantitative estimate of drug-likeness (QED) is 0.186. The number of hydrogen-bond donors (Lipinski definition) is 5. The Bertz CT molecular complexity index is 1180. The van der Waals surface area contributed by atoms with Crippen LogP contribution >= 0.6 is 0 Å². The zero-order chi connectivity index (χ0) is 22.1. The third-order valence-electron chi connectivity index (χ3n) is 4.29. The van der Waals surface area contributed by atoms with Crippen molar-refractivity contribution >= 4 is 17.5 Å². The molecule has 0 aliphatic heterocycles. The number of amides is 2. The number of benzene rings is 2. The van der Waals surface area contributed by atoms with Gasteiger partial charge in [0.1, 0.15) is 6.04 Å². The van der Waals surface area contributed by atoms with Crippen LogP contribution in [0.3, 0.4) is 0 Å². The molecule has 3 aromatic rings. The van der Waals surface area contributed by atoms with E-state index in [1.54, 1.807) is 35.8 Å². The monoisotopic (exact) mass is 413 g/mol. The fraction of sp³-hybridized carbons (Fsp3) is 0.0870. The minimum Gasteiger partial charge on any atom is -0.398 e. The van der Waals surface area contributed by atoms with Crippen LogP contribution in [0.15, 0.2) is 61.1 Å². The molecule has 8 nitrogen and oxygen atoms in total. The summed E-state index contributed by atoms with van der Waals surface area (Å²) >= 11 is 0. The van der Waals surface area contributed by atoms with Crippen molar-refractivity contribution in [3.05, 3.63) is 83.4 Å². The highest BCUT2D eigenvalue weighted by Gasteiger charge is 2.22. The molecule has 1 unspecified atom stereocenters. The van der Waals surface area contributed by atoms with Crippen LogP contribution in [0.5, 0.6) is 0 Å². The van der Waals surface area contributed by atoms with E-state index in [0.29, 0.717) is 28.1 Å². The number of H-pyrrole nitrogens is 1. The molecule has 0 fully saturated rings. The first-order valence-corrected chi connectivity index (χ1v) is 9.25. The van der Waals surface area contributed by atoms with Gasteiger partial charge in [-0.1, -0.05) is 24.0 Å². The zero-order valence-corrected chi connectivity index (χ0v) is 16.3. The van der Waals surface area contributed by atoms with E-state index in [-0.39, 0.29) is 6.42 Å². The fourth-order valence-corrected chi connectivity index (χ4v) is 2.66. The van der Waals surface area contributed by atoms with Crippen molar-refractivity contribution in [3.8, 4) is 23.7 Å². The van der Waals surface area contributed by atoms with Crippen LogP contribution < -0.4 is 16.5 Å². The first kappa shape index (κ1) is 21.2. The molecule has 1 atom stereocenters. The summed E-state index contributed by atoms with van der Waals surface area (Å²) in [5.74, 6) is 10.1. The normalized spacial score (nSPS) is 10.6. The molecule has 154 valence electrons. The summed E-state index contributed by atoms with van der Waals surface area (Å²) in [6, 6.07) is 12.8. The van der Waals surface area contributed by atoms with Crippen LogP contribution in [-0.4, -0.2) is 33.0 Å². The Morgan fingerprint density at radius 2 is 1.84 bits per heavy atom. The third kappa shape index (κ3) is 5.97. The van der Waals surface area contributed by atoms with Crippen molar-refractivity contribution in [2.45, 2.75) is 12.5 Å². The van der Waals surface area contributed by atoms with E-state index < -0.39 is 17.9 Å². The topological polar surface area (TPSA) is 133 Å². The Morgan fingerprint density at radius 3 is 2.52 bits per heavy atom. The van der Waals surface area contributed by atoms with Gasteiger partial charge >= 0.3 is 0 Å². The summed E-state index contributed by atoms with van der Waals surface area (Å²) < 4.78 is 0. The molecular weight excluding hydrogens is 394 g/mol. The van der Waals surface area contributed by atoms with Gasteiger partial charge in [-0.3, -0.25) is 14.8 Å². The Kier molecular flexibility index (Phi) is 7.04. The first-order chi connectivity index (χ1) is 15.1. The van der Waals surface area contributed by atoms with Crippen LogP contribution in [0, 0.1) is 23.7 Å². The number of aromatic nitrogens is 2. The van der Waals surface area contributed by atoms with Crippen LogP contribution in [-0.2, 0) is 11.2 Å². The number of aromatic amines is 1. The van der Waals surface area contributed by atoms with E-state index in [9.17, 15) is 9.59 Å². The second-order valence-electron chi connectivity index (χ2n) is 6.45. The van der Waals surface area contributed by atoms with E-state index >= 15 is 0 Å². The Morgan fingerprint density at radius 1 is 1.10 bits per heavy atom. The van der Waals surface area contributed by atoms with Gasteiger partial charge < -0.3 is 16.0 Å². The summed E-state index contributed by atoms with van der Waals surface area (Å²) in [4.78, 5) is 31.1. The predicted octanol–water partition coefficient (Wildman–Crippen LogP) is 1.24. The minimum absolute atomic E-state index is 0.145. The maximum absolute atomic E-state index is 12.5. The van der Waals surface area contributed by atoms with E-state index in [1.807, 2.05) is 18.2 Å². The highest BCUT2D eigenvalue weighted by Crippen LogP contribution is 2.08. The molecule has 2 amide bonds. The van der Waals surface area contributed by atoms with Gasteiger partial charge in [-0.25, -0.2) is 10.5 Å². The lowest BCUT2D eigenvalue weighted by molar-refractivity contribution is -0.131. The summed E-state index contributed by atoms with van der Waals surface area (Å²) in [5, 5.41) is 11.5. The summed E-state index contributed by atoms with van der Waals surface area (Å²) in [6.07, 6.45) is 3.14. The molecule has 1 aromatic heterocycles. The van der Waals surface area contributed by atoms with Crippen molar-refractivity contribution in [3.63, 3.8) is 0 Å². The van der Waals surface area contributed by atoms with Crippen LogP contribution in [0.4, 0.5) is 5.69 Å². The number of rotatable bonds is 5. The number of carbonyl (C=O) groups is 2. The number of carbonyl (C=O) groups excluding carboxylic acids is 2. The number of para-hydroxylation sites is 1. The number of hydrogen-bond acceptors (Lipinski definition) is 5. The summed E-state index contributed by atoms with van der Waals surface area (Å²) in [7, 11) is 0. The largest absolute Gasteiger partial charge is 0.398 e. The average molecular weight is 413 g/mol. The van der Waals surface area contributed by atoms with Gasteiger partial charge in [0.2, 0.25) is 0 Å². The molecule has 0 saturated carbocycles. The van der Waals surface area contributed by atoms with E-state index in [2.05, 4.69) is 39.0 Å². The molecule has 3 rings (SSSR count). The first-order valence-electron chi connectivity index (χ1n) is 9.25. The Labute approximate surface area is 178 Å². The average Bonchev–Trinajstić information content (AvgIpc) is 3.30. The standard InChI is InChI=1S/C23H19N5O3/c24-20-8-4-3-7-17(20)6-2-1-5-16-9-11-18(12-10-16)22(29)27-21(23(30)28-31)13-19-14-25-15-26-19/h3-4,7-12,14-15,21,31H,13,24H2,(H,25,26)(H,27,29)(H,28,30). The van der Waals surface area contributed by atoms with Gasteiger partial charge in [0.25, 0.3) is 11.8 Å². The number of nitrogens with two attached hydrogens (primary N) is 1. The summed E-state index contributed by atoms with van der Waals surface area (Å²) in [6.45, 7) is 0. The van der Waals surface area contributed by atoms with E-state index in [0.717, 1.165) is 0 Å². The minimum atomic E-state index is -0.974. The lowest BCUT2D eigenvalue weighted by Gasteiger charge is -2.16. The van der Waals surface area contributed by atoms with Gasteiger partial charge in [0.15, 0.2) is 0 Å². The predicted molar refractivity (Wildman–Crippen MR) is 115 cm³/mol. The second kappa shape index (κ2) is 10.3. The number of hydroxylamine groups is 1. The summed E-state index contributed by atoms with van der Waals surface area (Å²) in [5.41, 5.74) is 10.3.